The average Bonchev–Trinajstić information content (AvgIpc) is 3.04. The lowest BCUT2D eigenvalue weighted by Crippen LogP contribution is -2.32. The summed E-state index contributed by atoms with van der Waals surface area (Å²) in [5, 5.41) is 2.89. The number of carbonyl (C=O) groups excluding carboxylic acids is 2. The van der Waals surface area contributed by atoms with Crippen molar-refractivity contribution in [3.63, 3.8) is 0 Å². The fourth-order valence-corrected chi connectivity index (χ4v) is 3.90. The number of anilines is 1. The minimum absolute atomic E-state index is 0.0316. The van der Waals surface area contributed by atoms with Gasteiger partial charge in [-0.05, 0) is 59.1 Å². The van der Waals surface area contributed by atoms with Gasteiger partial charge < -0.3 is 19.7 Å². The van der Waals surface area contributed by atoms with Gasteiger partial charge in [-0.1, -0.05) is 25.0 Å². The van der Waals surface area contributed by atoms with Crippen LogP contribution in [0.1, 0.15) is 46.4 Å². The summed E-state index contributed by atoms with van der Waals surface area (Å²) in [4.78, 5) is 27.8. The molecule has 3 rings (SSSR count). The van der Waals surface area contributed by atoms with Crippen molar-refractivity contribution in [1.29, 1.82) is 0 Å². The van der Waals surface area contributed by atoms with Gasteiger partial charge in [0.1, 0.15) is 12.4 Å². The highest BCUT2D eigenvalue weighted by Gasteiger charge is 2.21. The number of methoxy groups -OCH3 is 1. The lowest BCUT2D eigenvalue weighted by atomic mass is 10.1. The molecule has 2 amide bonds. The molecule has 0 aliphatic carbocycles. The Morgan fingerprint density at radius 3 is 2.47 bits per heavy atom. The Balaban J connectivity index is 1.72. The van der Waals surface area contributed by atoms with Crippen LogP contribution in [0.3, 0.4) is 0 Å². The molecule has 0 saturated carbocycles. The second-order valence-corrected chi connectivity index (χ2v) is 8.05. The normalized spacial score (nSPS) is 14.1. The zero-order chi connectivity index (χ0) is 21.3. The molecule has 0 spiro atoms. The molecule has 160 valence electrons. The highest BCUT2D eigenvalue weighted by molar-refractivity contribution is 9.10. The van der Waals surface area contributed by atoms with E-state index in [1.165, 1.54) is 0 Å². The van der Waals surface area contributed by atoms with E-state index in [0.29, 0.717) is 40.3 Å². The third kappa shape index (κ3) is 5.83. The topological polar surface area (TPSA) is 67.9 Å². The van der Waals surface area contributed by atoms with E-state index in [1.807, 2.05) is 17.0 Å². The third-order valence-corrected chi connectivity index (χ3v) is 5.66. The molecule has 1 heterocycles. The molecule has 0 aromatic heterocycles. The van der Waals surface area contributed by atoms with Gasteiger partial charge in [-0.3, -0.25) is 9.59 Å². The molecule has 1 aliphatic heterocycles. The molecular formula is C23H27BrN2O4. The summed E-state index contributed by atoms with van der Waals surface area (Å²) in [5.41, 5.74) is 1.51. The fraction of sp³-hybridized carbons (Fsp3) is 0.391. The largest absolute Gasteiger partial charge is 0.490 e. The number of likely N-dealkylation sites (tertiary alicyclic amines) is 1. The smallest absolute Gasteiger partial charge is 0.255 e. The van der Waals surface area contributed by atoms with E-state index >= 15 is 0 Å². The first-order chi connectivity index (χ1) is 14.6. The predicted octanol–water partition coefficient (Wildman–Crippen LogP) is 4.74. The van der Waals surface area contributed by atoms with Crippen LogP contribution in [0.25, 0.3) is 0 Å². The summed E-state index contributed by atoms with van der Waals surface area (Å²) >= 11 is 3.44. The van der Waals surface area contributed by atoms with Crippen LogP contribution in [-0.2, 0) is 4.74 Å². The maximum Gasteiger partial charge on any atom is 0.255 e. The van der Waals surface area contributed by atoms with Crippen molar-refractivity contribution < 1.29 is 19.1 Å². The van der Waals surface area contributed by atoms with E-state index in [9.17, 15) is 9.59 Å². The van der Waals surface area contributed by atoms with E-state index in [1.54, 1.807) is 37.4 Å². The number of carbonyl (C=O) groups is 2. The molecule has 0 unspecified atom stereocenters. The number of hydrogen-bond acceptors (Lipinski definition) is 4. The third-order valence-electron chi connectivity index (χ3n) is 5.04. The quantitative estimate of drug-likeness (QED) is 0.588. The SMILES string of the molecule is COCCOc1ccc(C(=O)Nc2ccccc2C(=O)N2CCCCCC2)cc1Br. The van der Waals surface area contributed by atoms with Crippen molar-refractivity contribution in [2.75, 3.05) is 38.7 Å². The van der Waals surface area contributed by atoms with Crippen molar-refractivity contribution in [3.8, 4) is 5.75 Å². The van der Waals surface area contributed by atoms with E-state index in [0.717, 1.165) is 38.8 Å². The van der Waals surface area contributed by atoms with Crippen molar-refractivity contribution in [2.24, 2.45) is 0 Å². The Bertz CT molecular complexity index is 879. The van der Waals surface area contributed by atoms with Gasteiger partial charge in [0, 0.05) is 25.8 Å². The van der Waals surface area contributed by atoms with Crippen molar-refractivity contribution in [1.82, 2.24) is 4.90 Å². The van der Waals surface area contributed by atoms with E-state index in [-0.39, 0.29) is 11.8 Å². The van der Waals surface area contributed by atoms with Gasteiger partial charge in [-0.15, -0.1) is 0 Å². The maximum absolute atomic E-state index is 13.1. The average molecular weight is 475 g/mol. The van der Waals surface area contributed by atoms with Crippen LogP contribution in [0.2, 0.25) is 0 Å². The Labute approximate surface area is 185 Å². The molecule has 1 aliphatic rings. The summed E-state index contributed by atoms with van der Waals surface area (Å²) in [6.07, 6.45) is 4.35. The van der Waals surface area contributed by atoms with Gasteiger partial charge in [-0.2, -0.15) is 0 Å². The standard InChI is InChI=1S/C23H27BrN2O4/c1-29-14-15-30-21-11-10-17(16-19(21)24)22(27)25-20-9-5-4-8-18(20)23(28)26-12-6-2-3-7-13-26/h4-5,8-11,16H,2-3,6-7,12-15H2,1H3,(H,25,27). The molecule has 6 nitrogen and oxygen atoms in total. The molecule has 7 heteroatoms. The van der Waals surface area contributed by atoms with Crippen LogP contribution in [0.4, 0.5) is 5.69 Å². The lowest BCUT2D eigenvalue weighted by molar-refractivity contribution is 0.0762. The van der Waals surface area contributed by atoms with Crippen molar-refractivity contribution in [3.05, 3.63) is 58.1 Å². The molecule has 1 N–H and O–H groups in total. The van der Waals surface area contributed by atoms with Gasteiger partial charge in [0.25, 0.3) is 11.8 Å². The Hall–Kier alpha value is -2.38. The number of nitrogens with zero attached hydrogens (tertiary/aromatic N) is 1. The zero-order valence-corrected chi connectivity index (χ0v) is 18.7. The van der Waals surface area contributed by atoms with Crippen molar-refractivity contribution in [2.45, 2.75) is 25.7 Å². The first kappa shape index (κ1) is 22.3. The molecule has 1 saturated heterocycles. The van der Waals surface area contributed by atoms with Gasteiger partial charge >= 0.3 is 0 Å². The van der Waals surface area contributed by atoms with Gasteiger partial charge in [-0.25, -0.2) is 0 Å². The van der Waals surface area contributed by atoms with Crippen LogP contribution in [0.5, 0.6) is 5.75 Å². The number of ether oxygens (including phenoxy) is 2. The zero-order valence-electron chi connectivity index (χ0n) is 17.2. The number of benzene rings is 2. The van der Waals surface area contributed by atoms with Gasteiger partial charge in [0.15, 0.2) is 0 Å². The Morgan fingerprint density at radius 2 is 1.77 bits per heavy atom. The van der Waals surface area contributed by atoms with E-state index < -0.39 is 0 Å². The van der Waals surface area contributed by atoms with Crippen molar-refractivity contribution >= 4 is 33.4 Å². The van der Waals surface area contributed by atoms with Crippen LogP contribution >= 0.6 is 15.9 Å². The number of nitrogens with one attached hydrogen (secondary N) is 1. The van der Waals surface area contributed by atoms with Gasteiger partial charge in [0.05, 0.1) is 22.3 Å². The van der Waals surface area contributed by atoms with Gasteiger partial charge in [0.2, 0.25) is 0 Å². The van der Waals surface area contributed by atoms with Crippen LogP contribution in [0, 0.1) is 0 Å². The summed E-state index contributed by atoms with van der Waals surface area (Å²) < 4.78 is 11.3. The summed E-state index contributed by atoms with van der Waals surface area (Å²) in [5.74, 6) is 0.325. The monoisotopic (exact) mass is 474 g/mol. The molecule has 0 radical (unpaired) electrons. The van der Waals surface area contributed by atoms with E-state index in [2.05, 4.69) is 21.2 Å². The molecule has 30 heavy (non-hydrogen) atoms. The molecule has 2 aromatic rings. The Kier molecular flexibility index (Phi) is 8.28. The minimum atomic E-state index is -0.282. The van der Waals surface area contributed by atoms with Crippen LogP contribution in [0.15, 0.2) is 46.9 Å². The maximum atomic E-state index is 13.1. The molecule has 1 fully saturated rings. The second-order valence-electron chi connectivity index (χ2n) is 7.19. The lowest BCUT2D eigenvalue weighted by Gasteiger charge is -2.22. The number of rotatable bonds is 7. The molecule has 0 bridgehead atoms. The number of para-hydroxylation sites is 1. The Morgan fingerprint density at radius 1 is 1.03 bits per heavy atom. The predicted molar refractivity (Wildman–Crippen MR) is 120 cm³/mol. The fourth-order valence-electron chi connectivity index (χ4n) is 3.41. The second kappa shape index (κ2) is 11.1. The number of amides is 2. The molecular weight excluding hydrogens is 448 g/mol. The van der Waals surface area contributed by atoms with E-state index in [4.69, 9.17) is 9.47 Å². The number of hydrogen-bond donors (Lipinski definition) is 1. The molecule has 0 atom stereocenters. The molecule has 2 aromatic carbocycles. The van der Waals surface area contributed by atoms with Crippen LogP contribution in [-0.4, -0.2) is 50.1 Å². The first-order valence-electron chi connectivity index (χ1n) is 10.2. The first-order valence-corrected chi connectivity index (χ1v) is 11.0. The summed E-state index contributed by atoms with van der Waals surface area (Å²) in [7, 11) is 1.61. The summed E-state index contributed by atoms with van der Waals surface area (Å²) in [6, 6.07) is 12.3. The highest BCUT2D eigenvalue weighted by Crippen LogP contribution is 2.27. The minimum Gasteiger partial charge on any atom is -0.490 e. The highest BCUT2D eigenvalue weighted by atomic mass is 79.9. The number of halogens is 1. The van der Waals surface area contributed by atoms with Crippen LogP contribution < -0.4 is 10.1 Å². The summed E-state index contributed by atoms with van der Waals surface area (Å²) in [6.45, 7) is 2.43.